The molecule has 0 saturated carbocycles. The molecule has 4 N–H and O–H groups in total. The lowest BCUT2D eigenvalue weighted by molar-refractivity contribution is -0.120. The largest absolute Gasteiger partial charge is 0.504 e. The molecule has 1 heterocycles. The number of nitrogens with zero attached hydrogens (tertiary/aromatic N) is 1. The van der Waals surface area contributed by atoms with E-state index in [4.69, 9.17) is 10.5 Å². The molecule has 0 aliphatic heterocycles. The van der Waals surface area contributed by atoms with Crippen LogP contribution in [0.1, 0.15) is 0 Å². The summed E-state index contributed by atoms with van der Waals surface area (Å²) in [4.78, 5) is 15.0. The molecule has 0 aromatic carbocycles. The van der Waals surface area contributed by atoms with Crippen molar-refractivity contribution in [2.45, 2.75) is 0 Å². The van der Waals surface area contributed by atoms with Gasteiger partial charge in [0.1, 0.15) is 6.61 Å². The number of amides is 1. The van der Waals surface area contributed by atoms with Crippen LogP contribution in [0.5, 0.6) is 5.75 Å². The number of hydrogen-bond acceptors (Lipinski definition) is 5. The van der Waals surface area contributed by atoms with Gasteiger partial charge in [0, 0.05) is 12.7 Å². The molecule has 0 unspecified atom stereocenters. The van der Waals surface area contributed by atoms with Crippen LogP contribution in [0.15, 0.2) is 18.3 Å². The maximum absolute atomic E-state index is 11.2. The second-order valence-corrected chi connectivity index (χ2v) is 2.76. The van der Waals surface area contributed by atoms with Crippen molar-refractivity contribution in [1.29, 1.82) is 0 Å². The molecule has 1 aromatic rings. The molecule has 1 aromatic heterocycles. The number of nitrogens with two attached hydrogens (primary N) is 1. The summed E-state index contributed by atoms with van der Waals surface area (Å²) in [6.45, 7) is 0.580. The first-order valence-electron chi connectivity index (χ1n) is 4.45. The molecule has 0 aliphatic carbocycles. The first kappa shape index (κ1) is 11.4. The van der Waals surface area contributed by atoms with Crippen molar-refractivity contribution in [2.75, 3.05) is 25.1 Å². The van der Waals surface area contributed by atoms with E-state index in [2.05, 4.69) is 10.3 Å². The Morgan fingerprint density at radius 1 is 1.67 bits per heavy atom. The SMILES string of the molecule is NCCOCC(=O)Nc1ncccc1O. The van der Waals surface area contributed by atoms with E-state index in [9.17, 15) is 9.90 Å². The number of ether oxygens (including phenoxy) is 1. The van der Waals surface area contributed by atoms with Gasteiger partial charge in [0.15, 0.2) is 11.6 Å². The average Bonchev–Trinajstić information content (AvgIpc) is 2.22. The van der Waals surface area contributed by atoms with Crippen LogP contribution in [0.4, 0.5) is 5.82 Å². The molecule has 1 rings (SSSR count). The van der Waals surface area contributed by atoms with Crippen LogP contribution >= 0.6 is 0 Å². The highest BCUT2D eigenvalue weighted by atomic mass is 16.5. The molecule has 0 radical (unpaired) electrons. The smallest absolute Gasteiger partial charge is 0.251 e. The molecule has 0 aliphatic rings. The third-order valence-electron chi connectivity index (χ3n) is 1.54. The summed E-state index contributed by atoms with van der Waals surface area (Å²) in [5.41, 5.74) is 5.18. The van der Waals surface area contributed by atoms with Crippen LogP contribution in [0.2, 0.25) is 0 Å². The zero-order valence-corrected chi connectivity index (χ0v) is 8.14. The normalized spacial score (nSPS) is 9.93. The van der Waals surface area contributed by atoms with E-state index in [-0.39, 0.29) is 24.1 Å². The Morgan fingerprint density at radius 3 is 3.13 bits per heavy atom. The Kier molecular flexibility index (Phi) is 4.52. The van der Waals surface area contributed by atoms with Gasteiger partial charge in [-0.05, 0) is 12.1 Å². The van der Waals surface area contributed by atoms with Crippen LogP contribution in [-0.2, 0) is 9.53 Å². The fourth-order valence-electron chi connectivity index (χ4n) is 0.909. The second-order valence-electron chi connectivity index (χ2n) is 2.76. The molecule has 0 atom stereocenters. The maximum Gasteiger partial charge on any atom is 0.251 e. The van der Waals surface area contributed by atoms with E-state index in [0.29, 0.717) is 13.2 Å². The van der Waals surface area contributed by atoms with Gasteiger partial charge in [-0.15, -0.1) is 0 Å². The van der Waals surface area contributed by atoms with Crippen LogP contribution in [-0.4, -0.2) is 35.8 Å². The van der Waals surface area contributed by atoms with E-state index in [0.717, 1.165) is 0 Å². The summed E-state index contributed by atoms with van der Waals surface area (Å²) in [6, 6.07) is 3.00. The highest BCUT2D eigenvalue weighted by Gasteiger charge is 2.06. The lowest BCUT2D eigenvalue weighted by Gasteiger charge is -2.05. The zero-order valence-electron chi connectivity index (χ0n) is 8.14. The summed E-state index contributed by atoms with van der Waals surface area (Å²) in [5, 5.41) is 11.7. The molecule has 15 heavy (non-hydrogen) atoms. The third-order valence-corrected chi connectivity index (χ3v) is 1.54. The van der Waals surface area contributed by atoms with E-state index in [1.54, 1.807) is 6.07 Å². The number of aromatic hydroxyl groups is 1. The molecule has 0 spiro atoms. The number of rotatable bonds is 5. The molecule has 6 nitrogen and oxygen atoms in total. The van der Waals surface area contributed by atoms with Gasteiger partial charge in [-0.1, -0.05) is 0 Å². The van der Waals surface area contributed by atoms with Crippen LogP contribution in [0, 0.1) is 0 Å². The standard InChI is InChI=1S/C9H13N3O3/c10-3-5-15-6-8(14)12-9-7(13)2-1-4-11-9/h1-2,4,13H,3,5-6,10H2,(H,11,12,14). The summed E-state index contributed by atoms with van der Waals surface area (Å²) >= 11 is 0. The van der Waals surface area contributed by atoms with Gasteiger partial charge in [-0.2, -0.15) is 0 Å². The number of hydrogen-bond donors (Lipinski definition) is 3. The van der Waals surface area contributed by atoms with E-state index in [1.165, 1.54) is 12.3 Å². The van der Waals surface area contributed by atoms with Gasteiger partial charge < -0.3 is 20.9 Å². The van der Waals surface area contributed by atoms with Crippen molar-refractivity contribution in [3.05, 3.63) is 18.3 Å². The van der Waals surface area contributed by atoms with Crippen molar-refractivity contribution < 1.29 is 14.6 Å². The van der Waals surface area contributed by atoms with Gasteiger partial charge in [-0.3, -0.25) is 4.79 Å². The lowest BCUT2D eigenvalue weighted by Crippen LogP contribution is -2.21. The molecular formula is C9H13N3O3. The van der Waals surface area contributed by atoms with E-state index in [1.807, 2.05) is 0 Å². The molecule has 0 saturated heterocycles. The van der Waals surface area contributed by atoms with E-state index >= 15 is 0 Å². The molecule has 0 fully saturated rings. The molecule has 82 valence electrons. The average molecular weight is 211 g/mol. The Labute approximate surface area is 87.1 Å². The van der Waals surface area contributed by atoms with Gasteiger partial charge >= 0.3 is 0 Å². The minimum absolute atomic E-state index is 0.0790. The van der Waals surface area contributed by atoms with Crippen LogP contribution in [0.3, 0.4) is 0 Å². The highest BCUT2D eigenvalue weighted by Crippen LogP contribution is 2.17. The molecule has 6 heteroatoms. The van der Waals surface area contributed by atoms with Crippen molar-refractivity contribution in [2.24, 2.45) is 5.73 Å². The monoisotopic (exact) mass is 211 g/mol. The topological polar surface area (TPSA) is 97.5 Å². The number of aromatic nitrogens is 1. The second kappa shape index (κ2) is 5.94. The Balaban J connectivity index is 2.41. The van der Waals surface area contributed by atoms with Crippen molar-refractivity contribution in [3.8, 4) is 5.75 Å². The summed E-state index contributed by atoms with van der Waals surface area (Å²) in [7, 11) is 0. The van der Waals surface area contributed by atoms with Gasteiger partial charge in [0.05, 0.1) is 6.61 Å². The fourth-order valence-corrected chi connectivity index (χ4v) is 0.909. The van der Waals surface area contributed by atoms with Gasteiger partial charge in [-0.25, -0.2) is 4.98 Å². The minimum atomic E-state index is -0.377. The van der Waals surface area contributed by atoms with E-state index < -0.39 is 0 Å². The Bertz CT molecular complexity index is 330. The van der Waals surface area contributed by atoms with Gasteiger partial charge in [0.2, 0.25) is 0 Å². The number of nitrogens with one attached hydrogen (secondary N) is 1. The summed E-state index contributed by atoms with van der Waals surface area (Å²) < 4.78 is 4.91. The highest BCUT2D eigenvalue weighted by molar-refractivity contribution is 5.91. The van der Waals surface area contributed by atoms with Crippen LogP contribution in [0.25, 0.3) is 0 Å². The van der Waals surface area contributed by atoms with Crippen molar-refractivity contribution in [3.63, 3.8) is 0 Å². The molecule has 0 bridgehead atoms. The number of anilines is 1. The lowest BCUT2D eigenvalue weighted by atomic mass is 10.4. The number of pyridine rings is 1. The number of carbonyl (C=O) groups is 1. The minimum Gasteiger partial charge on any atom is -0.504 e. The maximum atomic E-state index is 11.2. The molecule has 1 amide bonds. The quantitative estimate of drug-likeness (QED) is 0.581. The van der Waals surface area contributed by atoms with Crippen LogP contribution < -0.4 is 11.1 Å². The zero-order chi connectivity index (χ0) is 11.1. The number of carbonyl (C=O) groups excluding carboxylic acids is 1. The third kappa shape index (κ3) is 3.92. The predicted molar refractivity (Wildman–Crippen MR) is 54.4 cm³/mol. The Morgan fingerprint density at radius 2 is 2.47 bits per heavy atom. The summed E-state index contributed by atoms with van der Waals surface area (Å²) in [6.07, 6.45) is 1.47. The summed E-state index contributed by atoms with van der Waals surface area (Å²) in [5.74, 6) is -0.332. The van der Waals surface area contributed by atoms with Crippen molar-refractivity contribution in [1.82, 2.24) is 4.98 Å². The Hall–Kier alpha value is -1.66. The predicted octanol–water partition coefficient (Wildman–Crippen LogP) is -0.299. The van der Waals surface area contributed by atoms with Gasteiger partial charge in [0.25, 0.3) is 5.91 Å². The fraction of sp³-hybridized carbons (Fsp3) is 0.333. The first-order chi connectivity index (χ1) is 7.24. The first-order valence-corrected chi connectivity index (χ1v) is 4.45. The molecular weight excluding hydrogens is 198 g/mol. The van der Waals surface area contributed by atoms with Crippen molar-refractivity contribution >= 4 is 11.7 Å².